The molecule has 8 nitrogen and oxygen atoms in total. The number of pyridine rings is 1. The summed E-state index contributed by atoms with van der Waals surface area (Å²) in [6.07, 6.45) is 3.46. The van der Waals surface area contributed by atoms with E-state index in [9.17, 15) is 19.0 Å². The van der Waals surface area contributed by atoms with Gasteiger partial charge in [-0.1, -0.05) is 13.0 Å². The quantitative estimate of drug-likeness (QED) is 0.311. The fraction of sp³-hybridized carbons (Fsp3) is 0.485. The van der Waals surface area contributed by atoms with Crippen LogP contribution in [-0.4, -0.2) is 80.7 Å². The minimum Gasteiger partial charge on any atom is -0.508 e. The number of rotatable bonds is 6. The van der Waals surface area contributed by atoms with Crippen molar-refractivity contribution in [2.24, 2.45) is 11.8 Å². The van der Waals surface area contributed by atoms with Gasteiger partial charge in [-0.25, -0.2) is 13.2 Å². The maximum Gasteiger partial charge on any atom is 0.319 e. The standard InChI is InChI=1S/C33H34F3N5O3/c1-2-21-25(35)5-4-17-8-20(42)10-22(27(17)21)29-28(36)30-23(12-37-29)31(40-13-18-9-26(43)24(18)15-40)39-32(38-30)44-16-33-6-3-7-41(33)14-19(34)11-33/h4-5,8,10,12,18-19,24,26,42-43H,2-3,6-7,9,11,13-16H2,1H3/t18?,19?,24?,26?,33-/m0/s1. The summed E-state index contributed by atoms with van der Waals surface area (Å²) in [5.41, 5.74) is 0.165. The molecule has 0 amide bonds. The Hall–Kier alpha value is -3.70. The molecule has 4 aromatic rings. The van der Waals surface area contributed by atoms with Gasteiger partial charge < -0.3 is 19.8 Å². The Morgan fingerprint density at radius 3 is 2.80 bits per heavy atom. The molecule has 2 N–H and O–H groups in total. The number of aromatic hydroxyl groups is 1. The molecule has 0 radical (unpaired) electrons. The minimum atomic E-state index is -0.917. The third-order valence-corrected chi connectivity index (χ3v) is 10.5. The number of halogens is 3. The third-order valence-electron chi connectivity index (χ3n) is 10.5. The second-order valence-corrected chi connectivity index (χ2v) is 13.0. The van der Waals surface area contributed by atoms with Crippen LogP contribution < -0.4 is 9.64 Å². The van der Waals surface area contributed by atoms with Crippen LogP contribution in [-0.2, 0) is 6.42 Å². The molecule has 0 bridgehead atoms. The fourth-order valence-electron chi connectivity index (χ4n) is 8.24. The molecule has 44 heavy (non-hydrogen) atoms. The van der Waals surface area contributed by atoms with Crippen molar-refractivity contribution >= 4 is 27.5 Å². The minimum absolute atomic E-state index is 0.00342. The number of benzene rings is 2. The second kappa shape index (κ2) is 10.2. The Kier molecular flexibility index (Phi) is 6.43. The van der Waals surface area contributed by atoms with Crippen LogP contribution >= 0.6 is 0 Å². The number of nitrogens with zero attached hydrogens (tertiary/aromatic N) is 5. The average molecular weight is 606 g/mol. The lowest BCUT2D eigenvalue weighted by atomic mass is 9.74. The normalized spacial score (nSPS) is 28.1. The first-order chi connectivity index (χ1) is 21.2. The summed E-state index contributed by atoms with van der Waals surface area (Å²) in [6.45, 7) is 4.44. The van der Waals surface area contributed by atoms with Crippen LogP contribution in [0.1, 0.15) is 38.2 Å². The highest BCUT2D eigenvalue weighted by atomic mass is 19.1. The largest absolute Gasteiger partial charge is 0.508 e. The molecule has 11 heteroatoms. The number of phenols is 1. The molecule has 0 spiro atoms. The molecule has 2 aromatic heterocycles. The SMILES string of the molecule is CCc1c(F)ccc2cc(O)cc(-c3ncc4c(N5CC6CC(O)C6C5)nc(OC[C@@]56CCCN5CC(F)C6)nc4c3F)c12. The predicted molar refractivity (Wildman–Crippen MR) is 160 cm³/mol. The molecular weight excluding hydrogens is 571 g/mol. The molecule has 230 valence electrons. The molecule has 4 fully saturated rings. The summed E-state index contributed by atoms with van der Waals surface area (Å²) < 4.78 is 52.3. The maximum atomic E-state index is 16.7. The molecule has 1 aliphatic carbocycles. The molecule has 3 aliphatic heterocycles. The Balaban J connectivity index is 1.26. The van der Waals surface area contributed by atoms with Gasteiger partial charge in [0.05, 0.1) is 17.0 Å². The van der Waals surface area contributed by atoms with Crippen LogP contribution in [0.5, 0.6) is 11.8 Å². The van der Waals surface area contributed by atoms with Crippen LogP contribution in [0.2, 0.25) is 0 Å². The van der Waals surface area contributed by atoms with Gasteiger partial charge in [-0.3, -0.25) is 9.88 Å². The number of fused-ring (bicyclic) bond motifs is 4. The third kappa shape index (κ3) is 4.23. The summed E-state index contributed by atoms with van der Waals surface area (Å²) in [5, 5.41) is 22.3. The zero-order chi connectivity index (χ0) is 30.3. The zero-order valence-electron chi connectivity index (χ0n) is 24.4. The first kappa shape index (κ1) is 27.8. The molecule has 2 aromatic carbocycles. The molecule has 8 rings (SSSR count). The van der Waals surface area contributed by atoms with Crippen LogP contribution in [0.3, 0.4) is 0 Å². The van der Waals surface area contributed by atoms with Crippen molar-refractivity contribution < 1.29 is 28.1 Å². The number of phenolic OH excluding ortho intramolecular Hbond substituents is 1. The summed E-state index contributed by atoms with van der Waals surface area (Å²) in [7, 11) is 0. The van der Waals surface area contributed by atoms with Crippen molar-refractivity contribution in [3.8, 4) is 23.0 Å². The van der Waals surface area contributed by atoms with Crippen LogP contribution in [0.4, 0.5) is 19.0 Å². The highest BCUT2D eigenvalue weighted by Crippen LogP contribution is 2.45. The van der Waals surface area contributed by atoms with Crippen molar-refractivity contribution in [1.29, 1.82) is 0 Å². The van der Waals surface area contributed by atoms with Crippen molar-refractivity contribution in [3.05, 3.63) is 47.7 Å². The number of alkyl halides is 1. The van der Waals surface area contributed by atoms with E-state index < -0.39 is 23.3 Å². The molecule has 4 aliphatic rings. The molecule has 4 unspecified atom stereocenters. The van der Waals surface area contributed by atoms with Crippen LogP contribution in [0, 0.1) is 23.5 Å². The highest BCUT2D eigenvalue weighted by molar-refractivity contribution is 6.01. The lowest BCUT2D eigenvalue weighted by Gasteiger charge is -2.34. The van der Waals surface area contributed by atoms with E-state index >= 15 is 4.39 Å². The van der Waals surface area contributed by atoms with E-state index in [1.807, 2.05) is 11.8 Å². The van der Waals surface area contributed by atoms with Crippen molar-refractivity contribution in [2.75, 3.05) is 37.7 Å². The predicted octanol–water partition coefficient (Wildman–Crippen LogP) is 5.16. The molecule has 1 saturated carbocycles. The Labute approximate surface area is 252 Å². The van der Waals surface area contributed by atoms with E-state index in [1.54, 1.807) is 6.07 Å². The van der Waals surface area contributed by atoms with E-state index in [0.29, 0.717) is 72.4 Å². The van der Waals surface area contributed by atoms with E-state index in [2.05, 4.69) is 14.9 Å². The number of aliphatic hydroxyl groups is 1. The first-order valence-corrected chi connectivity index (χ1v) is 15.5. The van der Waals surface area contributed by atoms with Crippen molar-refractivity contribution in [1.82, 2.24) is 19.9 Å². The van der Waals surface area contributed by atoms with Gasteiger partial charge in [0.1, 0.15) is 41.4 Å². The van der Waals surface area contributed by atoms with Crippen LogP contribution in [0.25, 0.3) is 32.9 Å². The highest BCUT2D eigenvalue weighted by Gasteiger charge is 2.50. The first-order valence-electron chi connectivity index (χ1n) is 15.5. The summed E-state index contributed by atoms with van der Waals surface area (Å²) in [4.78, 5) is 18.0. The Bertz CT molecular complexity index is 1810. The van der Waals surface area contributed by atoms with E-state index in [1.165, 1.54) is 24.4 Å². The number of ether oxygens (including phenoxy) is 1. The lowest BCUT2D eigenvalue weighted by Crippen LogP contribution is -2.43. The van der Waals surface area contributed by atoms with Gasteiger partial charge in [0, 0.05) is 43.7 Å². The molecule has 5 atom stereocenters. The van der Waals surface area contributed by atoms with Gasteiger partial charge in [0.2, 0.25) is 0 Å². The Morgan fingerprint density at radius 1 is 1.14 bits per heavy atom. The van der Waals surface area contributed by atoms with E-state index in [0.717, 1.165) is 19.4 Å². The fourth-order valence-corrected chi connectivity index (χ4v) is 8.24. The van der Waals surface area contributed by atoms with E-state index in [4.69, 9.17) is 9.72 Å². The monoisotopic (exact) mass is 605 g/mol. The van der Waals surface area contributed by atoms with Crippen molar-refractivity contribution in [3.63, 3.8) is 0 Å². The summed E-state index contributed by atoms with van der Waals surface area (Å²) >= 11 is 0. The number of hydrogen-bond acceptors (Lipinski definition) is 8. The van der Waals surface area contributed by atoms with Gasteiger partial charge in [0.25, 0.3) is 0 Å². The number of hydrogen-bond donors (Lipinski definition) is 2. The molecule has 3 saturated heterocycles. The Morgan fingerprint density at radius 2 is 2.00 bits per heavy atom. The van der Waals surface area contributed by atoms with Gasteiger partial charge in [0.15, 0.2) is 5.82 Å². The molecule has 5 heterocycles. The lowest BCUT2D eigenvalue weighted by molar-refractivity contribution is -0.00399. The van der Waals surface area contributed by atoms with Gasteiger partial charge >= 0.3 is 6.01 Å². The van der Waals surface area contributed by atoms with Gasteiger partial charge in [-0.2, -0.15) is 9.97 Å². The molecular formula is C33H34F3N5O3. The van der Waals surface area contributed by atoms with Gasteiger partial charge in [-0.15, -0.1) is 0 Å². The maximum absolute atomic E-state index is 16.7. The topological polar surface area (TPSA) is 94.8 Å². The summed E-state index contributed by atoms with van der Waals surface area (Å²) in [6, 6.07) is 5.82. The number of anilines is 1. The number of aryl methyl sites for hydroxylation is 1. The second-order valence-electron chi connectivity index (χ2n) is 13.0. The van der Waals surface area contributed by atoms with Crippen LogP contribution in [0.15, 0.2) is 30.5 Å². The number of aliphatic hydroxyl groups excluding tert-OH is 1. The average Bonchev–Trinajstić information content (AvgIpc) is 3.65. The van der Waals surface area contributed by atoms with Crippen molar-refractivity contribution in [2.45, 2.75) is 56.8 Å². The smallest absolute Gasteiger partial charge is 0.319 e. The van der Waals surface area contributed by atoms with E-state index in [-0.39, 0.29) is 47.2 Å². The summed E-state index contributed by atoms with van der Waals surface area (Å²) in [5.74, 6) is -0.328. The zero-order valence-corrected chi connectivity index (χ0v) is 24.4. The number of aromatic nitrogens is 3. The van der Waals surface area contributed by atoms with Gasteiger partial charge in [-0.05, 0) is 72.7 Å².